The van der Waals surface area contributed by atoms with Crippen LogP contribution in [-0.2, 0) is 24.8 Å². The molecular weight excluding hydrogens is 342 g/mol. The molecule has 0 amide bonds. The summed E-state index contributed by atoms with van der Waals surface area (Å²) in [5.41, 5.74) is 0. The third-order valence-corrected chi connectivity index (χ3v) is 7.64. The van der Waals surface area contributed by atoms with Crippen molar-refractivity contribution in [3.63, 3.8) is 0 Å². The van der Waals surface area contributed by atoms with E-state index in [1.807, 2.05) is 0 Å². The van der Waals surface area contributed by atoms with E-state index in [0.29, 0.717) is 39.3 Å². The highest BCUT2D eigenvalue weighted by molar-refractivity contribution is 7.89. The molecule has 1 unspecified atom stereocenters. The Labute approximate surface area is 139 Å². The molecule has 10 heteroatoms. The van der Waals surface area contributed by atoms with Crippen LogP contribution in [0.3, 0.4) is 0 Å². The highest BCUT2D eigenvalue weighted by Crippen LogP contribution is 2.21. The van der Waals surface area contributed by atoms with Crippen LogP contribution in [0, 0.1) is 0 Å². The molecule has 2 fully saturated rings. The summed E-state index contributed by atoms with van der Waals surface area (Å²) in [5, 5.41) is 0. The number of rotatable bonds is 7. The predicted molar refractivity (Wildman–Crippen MR) is 88.2 cm³/mol. The summed E-state index contributed by atoms with van der Waals surface area (Å²) in [7, 11) is -6.63. The van der Waals surface area contributed by atoms with Gasteiger partial charge in [-0.2, -0.15) is 4.31 Å². The molecule has 8 nitrogen and oxygen atoms in total. The van der Waals surface area contributed by atoms with Gasteiger partial charge >= 0.3 is 0 Å². The van der Waals surface area contributed by atoms with Crippen LogP contribution in [0.5, 0.6) is 0 Å². The standard InChI is InChI=1S/C13H27N3O5S2/c1-3-23(19,20)15-5-4-13(12-15)16(22(2,17)18)7-6-14-8-10-21-11-9-14/h13H,3-12H2,1-2H3. The third-order valence-electron chi connectivity index (χ3n) is 4.46. The molecule has 0 aromatic carbocycles. The molecule has 0 saturated carbocycles. The Morgan fingerprint density at radius 2 is 1.78 bits per heavy atom. The van der Waals surface area contributed by atoms with Gasteiger partial charge in [0.2, 0.25) is 20.0 Å². The van der Waals surface area contributed by atoms with Gasteiger partial charge in [-0.25, -0.2) is 21.1 Å². The van der Waals surface area contributed by atoms with Crippen molar-refractivity contribution in [3.8, 4) is 0 Å². The minimum atomic E-state index is -3.37. The number of ether oxygens (including phenoxy) is 1. The van der Waals surface area contributed by atoms with Gasteiger partial charge in [0.05, 0.1) is 25.2 Å². The number of morpholine rings is 1. The first-order chi connectivity index (χ1) is 10.7. The molecule has 0 radical (unpaired) electrons. The van der Waals surface area contributed by atoms with Crippen molar-refractivity contribution in [3.05, 3.63) is 0 Å². The van der Waals surface area contributed by atoms with E-state index in [1.54, 1.807) is 6.92 Å². The fraction of sp³-hybridized carbons (Fsp3) is 1.00. The van der Waals surface area contributed by atoms with Crippen LogP contribution in [0.25, 0.3) is 0 Å². The molecule has 0 aromatic heterocycles. The molecule has 0 N–H and O–H groups in total. The van der Waals surface area contributed by atoms with Gasteiger partial charge in [0.25, 0.3) is 0 Å². The van der Waals surface area contributed by atoms with E-state index in [9.17, 15) is 16.8 Å². The zero-order chi connectivity index (χ0) is 17.1. The molecule has 2 rings (SSSR count). The van der Waals surface area contributed by atoms with Crippen LogP contribution in [0.1, 0.15) is 13.3 Å². The highest BCUT2D eigenvalue weighted by Gasteiger charge is 2.36. The minimum absolute atomic E-state index is 0.0480. The second-order valence-corrected chi connectivity index (χ2v) is 10.2. The van der Waals surface area contributed by atoms with Crippen molar-refractivity contribution in [2.45, 2.75) is 19.4 Å². The zero-order valence-electron chi connectivity index (χ0n) is 13.8. The number of hydrogen-bond donors (Lipinski definition) is 0. The molecule has 23 heavy (non-hydrogen) atoms. The number of nitrogens with zero attached hydrogens (tertiary/aromatic N) is 3. The minimum Gasteiger partial charge on any atom is -0.379 e. The quantitative estimate of drug-likeness (QED) is 0.572. The van der Waals surface area contributed by atoms with E-state index in [-0.39, 0.29) is 18.3 Å². The van der Waals surface area contributed by atoms with Crippen molar-refractivity contribution in [1.82, 2.24) is 13.5 Å². The van der Waals surface area contributed by atoms with Crippen LogP contribution >= 0.6 is 0 Å². The van der Waals surface area contributed by atoms with Gasteiger partial charge in [-0.1, -0.05) is 0 Å². The maximum absolute atomic E-state index is 12.1. The highest BCUT2D eigenvalue weighted by atomic mass is 32.2. The van der Waals surface area contributed by atoms with Crippen LogP contribution in [0.15, 0.2) is 0 Å². The summed E-state index contributed by atoms with van der Waals surface area (Å²) >= 11 is 0. The SMILES string of the molecule is CCS(=O)(=O)N1CCC(N(CCN2CCOCC2)S(C)(=O)=O)C1. The topological polar surface area (TPSA) is 87.2 Å². The van der Waals surface area contributed by atoms with Gasteiger partial charge in [-0.3, -0.25) is 4.90 Å². The van der Waals surface area contributed by atoms with E-state index >= 15 is 0 Å². The van der Waals surface area contributed by atoms with Crippen molar-refractivity contribution < 1.29 is 21.6 Å². The fourth-order valence-electron chi connectivity index (χ4n) is 3.06. The lowest BCUT2D eigenvalue weighted by Crippen LogP contribution is -2.47. The maximum Gasteiger partial charge on any atom is 0.213 e. The third kappa shape index (κ3) is 5.10. The molecule has 136 valence electrons. The lowest BCUT2D eigenvalue weighted by Gasteiger charge is -2.31. The van der Waals surface area contributed by atoms with Gasteiger partial charge in [0.1, 0.15) is 0 Å². The van der Waals surface area contributed by atoms with Crippen LogP contribution in [0.2, 0.25) is 0 Å². The molecule has 0 bridgehead atoms. The summed E-state index contributed by atoms with van der Waals surface area (Å²) < 4.78 is 56.3. The zero-order valence-corrected chi connectivity index (χ0v) is 15.5. The molecule has 2 heterocycles. The van der Waals surface area contributed by atoms with Crippen LogP contribution in [0.4, 0.5) is 0 Å². The monoisotopic (exact) mass is 369 g/mol. The first-order valence-electron chi connectivity index (χ1n) is 7.99. The Balaban J connectivity index is 1.99. The van der Waals surface area contributed by atoms with Gasteiger partial charge in [0, 0.05) is 45.3 Å². The average Bonchev–Trinajstić information content (AvgIpc) is 2.97. The van der Waals surface area contributed by atoms with Crippen molar-refractivity contribution in [2.24, 2.45) is 0 Å². The lowest BCUT2D eigenvalue weighted by atomic mass is 10.2. The van der Waals surface area contributed by atoms with Gasteiger partial charge in [-0.15, -0.1) is 0 Å². The maximum atomic E-state index is 12.1. The molecule has 0 aliphatic carbocycles. The molecule has 0 aromatic rings. The summed E-state index contributed by atoms with van der Waals surface area (Å²) in [6.07, 6.45) is 1.75. The fourth-order valence-corrected chi connectivity index (χ4v) is 5.34. The Bertz CT molecular complexity index is 587. The van der Waals surface area contributed by atoms with Crippen LogP contribution < -0.4 is 0 Å². The predicted octanol–water partition coefficient (Wildman–Crippen LogP) is -0.996. The Morgan fingerprint density at radius 3 is 2.35 bits per heavy atom. The van der Waals surface area contributed by atoms with Crippen molar-refractivity contribution >= 4 is 20.0 Å². The molecular formula is C13H27N3O5S2. The normalized spacial score (nSPS) is 25.3. The molecule has 0 spiro atoms. The second-order valence-electron chi connectivity index (χ2n) is 6.03. The lowest BCUT2D eigenvalue weighted by molar-refractivity contribution is 0.0354. The van der Waals surface area contributed by atoms with Gasteiger partial charge in [0.15, 0.2) is 0 Å². The summed E-state index contributed by atoms with van der Waals surface area (Å²) in [6, 6.07) is -0.271. The average molecular weight is 370 g/mol. The van der Waals surface area contributed by atoms with Gasteiger partial charge in [-0.05, 0) is 13.3 Å². The molecule has 2 aliphatic heterocycles. The number of hydrogen-bond acceptors (Lipinski definition) is 6. The first-order valence-corrected chi connectivity index (χ1v) is 11.4. The summed E-state index contributed by atoms with van der Waals surface area (Å²) in [6.45, 7) is 6.25. The van der Waals surface area contributed by atoms with E-state index in [1.165, 1.54) is 14.9 Å². The molecule has 2 saturated heterocycles. The second kappa shape index (κ2) is 7.75. The smallest absolute Gasteiger partial charge is 0.213 e. The van der Waals surface area contributed by atoms with E-state index in [4.69, 9.17) is 4.74 Å². The van der Waals surface area contributed by atoms with E-state index in [2.05, 4.69) is 4.90 Å². The summed E-state index contributed by atoms with van der Waals surface area (Å²) in [4.78, 5) is 2.18. The van der Waals surface area contributed by atoms with Crippen LogP contribution in [-0.4, -0.2) is 101 Å². The number of sulfonamides is 2. The van der Waals surface area contributed by atoms with Crippen molar-refractivity contribution in [1.29, 1.82) is 0 Å². The molecule has 1 atom stereocenters. The Morgan fingerprint density at radius 1 is 1.13 bits per heavy atom. The largest absolute Gasteiger partial charge is 0.379 e. The Hall–Kier alpha value is -0.260. The van der Waals surface area contributed by atoms with E-state index in [0.717, 1.165) is 13.1 Å². The van der Waals surface area contributed by atoms with E-state index < -0.39 is 20.0 Å². The summed E-state index contributed by atoms with van der Waals surface area (Å²) in [5.74, 6) is 0.0480. The Kier molecular flexibility index (Phi) is 6.42. The van der Waals surface area contributed by atoms with Gasteiger partial charge < -0.3 is 4.74 Å². The molecule has 2 aliphatic rings. The first kappa shape index (κ1) is 19.1. The van der Waals surface area contributed by atoms with Crippen molar-refractivity contribution in [2.75, 3.05) is 64.5 Å².